The van der Waals surface area contributed by atoms with Crippen LogP contribution in [0.15, 0.2) is 29.3 Å². The largest absolute Gasteiger partial charge is 0.488 e. The molecule has 2 heterocycles. The summed E-state index contributed by atoms with van der Waals surface area (Å²) in [7, 11) is -2.58. The van der Waals surface area contributed by atoms with Crippen molar-refractivity contribution in [2.24, 2.45) is 7.05 Å². The minimum absolute atomic E-state index is 0.0109. The molecule has 0 saturated carbocycles. The molecule has 2 aromatic rings. The van der Waals surface area contributed by atoms with Gasteiger partial charge in [-0.3, -0.25) is 4.79 Å². The first-order valence-corrected chi connectivity index (χ1v) is 10.9. The van der Waals surface area contributed by atoms with E-state index in [1.165, 1.54) is 37.7 Å². The van der Waals surface area contributed by atoms with Gasteiger partial charge in [-0.2, -0.15) is 5.26 Å². The van der Waals surface area contributed by atoms with Crippen LogP contribution in [0.1, 0.15) is 36.3 Å². The molecule has 1 aliphatic heterocycles. The molecular weight excluding hydrogens is 442 g/mol. The lowest BCUT2D eigenvalue weighted by Crippen LogP contribution is -2.36. The van der Waals surface area contributed by atoms with E-state index in [9.17, 15) is 22.0 Å². The second-order valence-electron chi connectivity index (χ2n) is 7.65. The molecule has 3 rings (SSSR count). The Labute approximate surface area is 184 Å². The molecule has 168 valence electrons. The van der Waals surface area contributed by atoms with Crippen LogP contribution in [-0.2, 0) is 17.1 Å². The molecular formula is C21H20F2N4O4S. The molecule has 2 N–H and O–H groups in total. The van der Waals surface area contributed by atoms with E-state index < -0.39 is 33.5 Å². The number of carbonyl (C=O) groups excluding carboxylic acids is 1. The summed E-state index contributed by atoms with van der Waals surface area (Å²) in [6, 6.07) is 4.40. The Kier molecular flexibility index (Phi) is 6.26. The number of aromatic nitrogens is 1. The average Bonchev–Trinajstić information content (AvgIpc) is 2.97. The predicted molar refractivity (Wildman–Crippen MR) is 112 cm³/mol. The van der Waals surface area contributed by atoms with Crippen LogP contribution in [0.3, 0.4) is 0 Å². The number of halogens is 2. The van der Waals surface area contributed by atoms with Crippen molar-refractivity contribution < 1.29 is 26.7 Å². The maximum atomic E-state index is 13.5. The number of hydrogen-bond donors (Lipinski definition) is 2. The van der Waals surface area contributed by atoms with Crippen LogP contribution >= 0.6 is 0 Å². The lowest BCUT2D eigenvalue weighted by molar-refractivity contribution is 0.101. The fourth-order valence-corrected chi connectivity index (χ4v) is 4.45. The van der Waals surface area contributed by atoms with Crippen LogP contribution in [-0.4, -0.2) is 37.2 Å². The number of amides is 1. The smallest absolute Gasteiger partial charge is 0.276 e. The highest BCUT2D eigenvalue weighted by molar-refractivity contribution is 7.89. The van der Waals surface area contributed by atoms with E-state index in [0.717, 1.165) is 12.1 Å². The lowest BCUT2D eigenvalue weighted by atomic mass is 10.1. The molecule has 1 aliphatic rings. The Bertz CT molecular complexity index is 1280. The van der Waals surface area contributed by atoms with Gasteiger partial charge in [-0.15, -0.1) is 0 Å². The number of carbonyl (C=O) groups is 1. The monoisotopic (exact) mass is 462 g/mol. The third-order valence-electron chi connectivity index (χ3n) is 4.44. The molecule has 0 radical (unpaired) electrons. The van der Waals surface area contributed by atoms with Gasteiger partial charge in [0.15, 0.2) is 17.1 Å². The standard InChI is InChI=1S/C21H20F2N4O4S/c1-21(2,23)8-4-5-15-12-31-19-17(32(29,30)26-15)11-27(3)18(19)20(28)25-14-6-7-16(22)13(9-14)10-24/h6-7,9,11,15,26H,5,12H2,1-3H3,(H,25,28)/t15-/m0/s1. The Morgan fingerprint density at radius 1 is 1.44 bits per heavy atom. The first-order chi connectivity index (χ1) is 14.9. The maximum Gasteiger partial charge on any atom is 0.276 e. The number of alkyl halides is 1. The third kappa shape index (κ3) is 5.07. The van der Waals surface area contributed by atoms with Crippen molar-refractivity contribution in [3.63, 3.8) is 0 Å². The molecule has 8 nitrogen and oxygen atoms in total. The number of aryl methyl sites for hydroxylation is 1. The Hall–Kier alpha value is -3.41. The van der Waals surface area contributed by atoms with E-state index in [-0.39, 0.29) is 40.6 Å². The van der Waals surface area contributed by atoms with Gasteiger partial charge in [-0.25, -0.2) is 21.9 Å². The van der Waals surface area contributed by atoms with Gasteiger partial charge in [0, 0.05) is 25.4 Å². The van der Waals surface area contributed by atoms with Crippen LogP contribution in [0.5, 0.6) is 5.75 Å². The van der Waals surface area contributed by atoms with Crippen molar-refractivity contribution in [2.75, 3.05) is 11.9 Å². The summed E-state index contributed by atoms with van der Waals surface area (Å²) in [5.41, 5.74) is -1.90. The lowest BCUT2D eigenvalue weighted by Gasteiger charge is -2.13. The maximum absolute atomic E-state index is 13.5. The van der Waals surface area contributed by atoms with E-state index in [2.05, 4.69) is 21.9 Å². The molecule has 0 fully saturated rings. The number of sulfonamides is 1. The van der Waals surface area contributed by atoms with Crippen molar-refractivity contribution in [1.29, 1.82) is 5.26 Å². The van der Waals surface area contributed by atoms with Crippen LogP contribution < -0.4 is 14.8 Å². The first-order valence-electron chi connectivity index (χ1n) is 9.45. The highest BCUT2D eigenvalue weighted by atomic mass is 32.2. The molecule has 1 aromatic carbocycles. The summed E-state index contributed by atoms with van der Waals surface area (Å²) in [5.74, 6) is 3.39. The van der Waals surface area contributed by atoms with Gasteiger partial charge in [0.2, 0.25) is 10.0 Å². The number of benzene rings is 1. The number of rotatable bonds is 3. The number of fused-ring (bicyclic) bond motifs is 1. The van der Waals surface area contributed by atoms with E-state index in [0.29, 0.717) is 0 Å². The molecule has 0 unspecified atom stereocenters. The molecule has 1 atom stereocenters. The van der Waals surface area contributed by atoms with Crippen LogP contribution in [0.25, 0.3) is 0 Å². The van der Waals surface area contributed by atoms with E-state index in [1.54, 1.807) is 6.07 Å². The number of nitrogens with zero attached hydrogens (tertiary/aromatic N) is 2. The van der Waals surface area contributed by atoms with Crippen molar-refractivity contribution in [3.8, 4) is 23.7 Å². The molecule has 11 heteroatoms. The predicted octanol–water partition coefficient (Wildman–Crippen LogP) is 2.47. The molecule has 32 heavy (non-hydrogen) atoms. The molecule has 1 amide bonds. The Morgan fingerprint density at radius 3 is 2.81 bits per heavy atom. The number of ether oxygens (including phenoxy) is 1. The van der Waals surface area contributed by atoms with Crippen molar-refractivity contribution in [3.05, 3.63) is 41.5 Å². The zero-order valence-corrected chi connectivity index (χ0v) is 18.3. The number of hydrogen-bond acceptors (Lipinski definition) is 5. The molecule has 0 spiro atoms. The first kappa shape index (κ1) is 23.3. The van der Waals surface area contributed by atoms with Gasteiger partial charge in [-0.05, 0) is 32.0 Å². The summed E-state index contributed by atoms with van der Waals surface area (Å²) < 4.78 is 62.1. The fourth-order valence-electron chi connectivity index (χ4n) is 3.03. The van der Waals surface area contributed by atoms with Crippen LogP contribution in [0.4, 0.5) is 14.5 Å². The van der Waals surface area contributed by atoms with Gasteiger partial charge < -0.3 is 14.6 Å². The SMILES string of the molecule is Cn1cc2c(c1C(=O)Nc1ccc(F)c(C#N)c1)OC[C@H](CC#CC(C)(C)F)NS2(=O)=O. The van der Waals surface area contributed by atoms with E-state index >= 15 is 0 Å². The molecule has 1 aromatic heterocycles. The number of nitrogens with one attached hydrogen (secondary N) is 2. The van der Waals surface area contributed by atoms with Crippen molar-refractivity contribution >= 4 is 21.6 Å². The highest BCUT2D eigenvalue weighted by Crippen LogP contribution is 2.33. The zero-order chi connectivity index (χ0) is 23.7. The Balaban J connectivity index is 1.89. The highest BCUT2D eigenvalue weighted by Gasteiger charge is 2.34. The minimum atomic E-state index is -4.05. The van der Waals surface area contributed by atoms with E-state index in [4.69, 9.17) is 10.00 Å². The summed E-state index contributed by atoms with van der Waals surface area (Å²) in [5, 5.41) is 11.5. The average molecular weight is 462 g/mol. The van der Waals surface area contributed by atoms with Gasteiger partial charge in [0.25, 0.3) is 5.91 Å². The van der Waals surface area contributed by atoms with Crippen LogP contribution in [0, 0.1) is 29.0 Å². The summed E-state index contributed by atoms with van der Waals surface area (Å²) in [4.78, 5) is 12.6. The molecule has 0 aliphatic carbocycles. The van der Waals surface area contributed by atoms with Gasteiger partial charge >= 0.3 is 0 Å². The van der Waals surface area contributed by atoms with Crippen LogP contribution in [0.2, 0.25) is 0 Å². The van der Waals surface area contributed by atoms with Gasteiger partial charge in [-0.1, -0.05) is 11.8 Å². The molecule has 0 bridgehead atoms. The topological polar surface area (TPSA) is 113 Å². The normalized spacial score (nSPS) is 17.1. The fraction of sp³-hybridized carbons (Fsp3) is 0.333. The third-order valence-corrected chi connectivity index (χ3v) is 5.95. The molecule has 0 saturated heterocycles. The van der Waals surface area contributed by atoms with Gasteiger partial charge in [0.1, 0.15) is 23.4 Å². The second-order valence-corrected chi connectivity index (χ2v) is 9.33. The quantitative estimate of drug-likeness (QED) is 0.681. The number of nitriles is 1. The Morgan fingerprint density at radius 2 is 2.16 bits per heavy atom. The minimum Gasteiger partial charge on any atom is -0.488 e. The second kappa shape index (κ2) is 8.61. The summed E-state index contributed by atoms with van der Waals surface area (Å²) >= 11 is 0. The van der Waals surface area contributed by atoms with Crippen molar-refractivity contribution in [2.45, 2.75) is 36.9 Å². The van der Waals surface area contributed by atoms with Crippen molar-refractivity contribution in [1.82, 2.24) is 9.29 Å². The van der Waals surface area contributed by atoms with Gasteiger partial charge in [0.05, 0.1) is 11.6 Å². The summed E-state index contributed by atoms with van der Waals surface area (Å²) in [6.45, 7) is 2.44. The van der Waals surface area contributed by atoms with E-state index in [1.807, 2.05) is 0 Å². The summed E-state index contributed by atoms with van der Waals surface area (Å²) in [6.07, 6.45) is 1.24. The number of anilines is 1. The zero-order valence-electron chi connectivity index (χ0n) is 17.5.